The molecular weight excluding hydrogens is 301 g/mol. The van der Waals surface area contributed by atoms with Gasteiger partial charge in [-0.1, -0.05) is 0 Å². The van der Waals surface area contributed by atoms with Gasteiger partial charge >= 0.3 is 5.97 Å². The maximum absolute atomic E-state index is 14.2. The number of rotatable bonds is 3. The Balaban J connectivity index is 2.20. The summed E-state index contributed by atoms with van der Waals surface area (Å²) in [7, 11) is 0. The van der Waals surface area contributed by atoms with E-state index < -0.39 is 11.8 Å². The quantitative estimate of drug-likeness (QED) is 0.814. The molecular formula is C16H18FN3O3. The molecule has 2 aromatic rings. The number of carbonyl (C=O) groups excluding carboxylic acids is 1. The largest absolute Gasteiger partial charge is 0.474 e. The van der Waals surface area contributed by atoms with Crippen LogP contribution in [0.25, 0.3) is 11.3 Å². The van der Waals surface area contributed by atoms with Crippen LogP contribution < -0.4 is 4.74 Å². The summed E-state index contributed by atoms with van der Waals surface area (Å²) < 4.78 is 26.7. The molecule has 0 saturated heterocycles. The van der Waals surface area contributed by atoms with E-state index in [4.69, 9.17) is 9.47 Å². The van der Waals surface area contributed by atoms with Gasteiger partial charge in [-0.3, -0.25) is 4.98 Å². The molecule has 0 radical (unpaired) electrons. The second-order valence-electron chi connectivity index (χ2n) is 5.50. The lowest BCUT2D eigenvalue weighted by atomic mass is 10.1. The summed E-state index contributed by atoms with van der Waals surface area (Å²) in [5.74, 6) is -0.762. The maximum Gasteiger partial charge on any atom is 0.345 e. The Hall–Kier alpha value is -2.44. The van der Waals surface area contributed by atoms with Crippen molar-refractivity contribution < 1.29 is 18.7 Å². The summed E-state index contributed by atoms with van der Waals surface area (Å²) >= 11 is 0. The lowest BCUT2D eigenvalue weighted by Crippen LogP contribution is -2.24. The van der Waals surface area contributed by atoms with Gasteiger partial charge in [0, 0.05) is 24.2 Å². The van der Waals surface area contributed by atoms with Gasteiger partial charge in [0.1, 0.15) is 11.3 Å². The molecule has 0 saturated carbocycles. The van der Waals surface area contributed by atoms with E-state index in [-0.39, 0.29) is 29.5 Å². The Labute approximate surface area is 133 Å². The van der Waals surface area contributed by atoms with Gasteiger partial charge in [-0.25, -0.2) is 13.9 Å². The Kier molecular flexibility index (Phi) is 4.02. The third kappa shape index (κ3) is 2.78. The second kappa shape index (κ2) is 5.98. The molecule has 0 unspecified atom stereocenters. The fourth-order valence-corrected chi connectivity index (χ4v) is 2.57. The van der Waals surface area contributed by atoms with Gasteiger partial charge in [0.25, 0.3) is 0 Å². The van der Waals surface area contributed by atoms with Crippen LogP contribution in [0.5, 0.6) is 5.88 Å². The number of esters is 1. The van der Waals surface area contributed by atoms with Crippen LogP contribution in [0.4, 0.5) is 4.39 Å². The van der Waals surface area contributed by atoms with E-state index in [0.717, 1.165) is 12.6 Å². The first-order valence-electron chi connectivity index (χ1n) is 7.58. The van der Waals surface area contributed by atoms with Crippen LogP contribution in [0, 0.1) is 12.7 Å². The smallest absolute Gasteiger partial charge is 0.345 e. The molecule has 1 aliphatic rings. The SMILES string of the molecule is CCOC(=O)c1c(-c2cc(C)ncc2F)nn2c1O[C@H](C)CC2. The molecule has 0 aliphatic carbocycles. The van der Waals surface area contributed by atoms with Gasteiger partial charge < -0.3 is 9.47 Å². The molecule has 0 spiro atoms. The molecule has 122 valence electrons. The molecule has 3 rings (SSSR count). The third-order valence-electron chi connectivity index (χ3n) is 3.69. The number of carbonyl (C=O) groups is 1. The number of nitrogens with zero attached hydrogens (tertiary/aromatic N) is 3. The Morgan fingerprint density at radius 3 is 3.09 bits per heavy atom. The summed E-state index contributed by atoms with van der Waals surface area (Å²) in [6.45, 7) is 6.21. The molecule has 0 bridgehead atoms. The summed E-state index contributed by atoms with van der Waals surface area (Å²) in [5, 5.41) is 4.38. The van der Waals surface area contributed by atoms with Gasteiger partial charge in [-0.2, -0.15) is 5.10 Å². The molecule has 6 nitrogen and oxygen atoms in total. The number of pyridine rings is 1. The molecule has 23 heavy (non-hydrogen) atoms. The van der Waals surface area contributed by atoms with Crippen molar-refractivity contribution >= 4 is 5.97 Å². The Bertz CT molecular complexity index is 757. The maximum atomic E-state index is 14.2. The molecule has 1 atom stereocenters. The van der Waals surface area contributed by atoms with Gasteiger partial charge in [-0.05, 0) is 26.8 Å². The topological polar surface area (TPSA) is 66.2 Å². The molecule has 7 heteroatoms. The van der Waals surface area contributed by atoms with E-state index in [9.17, 15) is 9.18 Å². The average Bonchev–Trinajstić information content (AvgIpc) is 2.88. The predicted octanol–water partition coefficient (Wildman–Crippen LogP) is 2.74. The highest BCUT2D eigenvalue weighted by atomic mass is 19.1. The number of halogens is 1. The first kappa shape index (κ1) is 15.5. The zero-order valence-electron chi connectivity index (χ0n) is 13.3. The van der Waals surface area contributed by atoms with Crippen molar-refractivity contribution in [3.8, 4) is 17.1 Å². The minimum Gasteiger partial charge on any atom is -0.474 e. The van der Waals surface area contributed by atoms with E-state index in [0.29, 0.717) is 18.1 Å². The number of hydrogen-bond donors (Lipinski definition) is 0. The zero-order valence-corrected chi connectivity index (χ0v) is 13.3. The van der Waals surface area contributed by atoms with E-state index in [1.807, 2.05) is 6.92 Å². The van der Waals surface area contributed by atoms with Crippen molar-refractivity contribution in [2.75, 3.05) is 6.61 Å². The lowest BCUT2D eigenvalue weighted by Gasteiger charge is -2.21. The van der Waals surface area contributed by atoms with Crippen LogP contribution in [0.1, 0.15) is 36.3 Å². The number of fused-ring (bicyclic) bond motifs is 1. The summed E-state index contributed by atoms with van der Waals surface area (Å²) in [6.07, 6.45) is 1.86. The number of aryl methyl sites for hydroxylation is 2. The second-order valence-corrected chi connectivity index (χ2v) is 5.50. The summed E-state index contributed by atoms with van der Waals surface area (Å²) in [4.78, 5) is 16.3. The van der Waals surface area contributed by atoms with E-state index in [1.165, 1.54) is 0 Å². The third-order valence-corrected chi connectivity index (χ3v) is 3.69. The van der Waals surface area contributed by atoms with Crippen LogP contribution in [0.3, 0.4) is 0 Å². The highest BCUT2D eigenvalue weighted by Crippen LogP contribution is 2.35. The fourth-order valence-electron chi connectivity index (χ4n) is 2.57. The standard InChI is InChI=1S/C16H18FN3O3/c1-4-22-16(21)13-14(11-7-9(2)18-8-12(11)17)19-20-6-5-10(3)23-15(13)20/h7-8,10H,4-6H2,1-3H3/t10-/m1/s1. The Morgan fingerprint density at radius 2 is 2.35 bits per heavy atom. The van der Waals surface area contributed by atoms with Crippen molar-refractivity contribution in [3.63, 3.8) is 0 Å². The van der Waals surface area contributed by atoms with Gasteiger partial charge in [0.05, 0.1) is 18.9 Å². The lowest BCUT2D eigenvalue weighted by molar-refractivity contribution is 0.0515. The first-order chi connectivity index (χ1) is 11.0. The number of aromatic nitrogens is 3. The van der Waals surface area contributed by atoms with Crippen LogP contribution in [0.2, 0.25) is 0 Å². The van der Waals surface area contributed by atoms with Crippen LogP contribution in [-0.2, 0) is 11.3 Å². The van der Waals surface area contributed by atoms with Crippen LogP contribution in [0.15, 0.2) is 12.3 Å². The molecule has 0 amide bonds. The predicted molar refractivity (Wildman–Crippen MR) is 80.8 cm³/mol. The van der Waals surface area contributed by atoms with E-state index >= 15 is 0 Å². The van der Waals surface area contributed by atoms with Crippen LogP contribution in [-0.4, -0.2) is 33.4 Å². The minimum absolute atomic E-state index is 0.0377. The molecule has 0 N–H and O–H groups in total. The van der Waals surface area contributed by atoms with E-state index in [2.05, 4.69) is 10.1 Å². The minimum atomic E-state index is -0.563. The van der Waals surface area contributed by atoms with Gasteiger partial charge in [0.15, 0.2) is 5.82 Å². The monoisotopic (exact) mass is 319 g/mol. The molecule has 0 fully saturated rings. The number of ether oxygens (including phenoxy) is 2. The van der Waals surface area contributed by atoms with Gasteiger partial charge in [-0.15, -0.1) is 0 Å². The van der Waals surface area contributed by atoms with E-state index in [1.54, 1.807) is 24.6 Å². The molecule has 0 aromatic carbocycles. The highest BCUT2D eigenvalue weighted by molar-refractivity contribution is 5.99. The highest BCUT2D eigenvalue weighted by Gasteiger charge is 2.32. The molecule has 2 aromatic heterocycles. The zero-order chi connectivity index (χ0) is 16.6. The van der Waals surface area contributed by atoms with Crippen molar-refractivity contribution in [2.24, 2.45) is 0 Å². The Morgan fingerprint density at radius 1 is 1.57 bits per heavy atom. The molecule has 1 aliphatic heterocycles. The first-order valence-corrected chi connectivity index (χ1v) is 7.58. The fraction of sp³-hybridized carbons (Fsp3) is 0.438. The number of hydrogen-bond acceptors (Lipinski definition) is 5. The van der Waals surface area contributed by atoms with Crippen LogP contribution >= 0.6 is 0 Å². The normalized spacial score (nSPS) is 16.6. The van der Waals surface area contributed by atoms with Crippen molar-refractivity contribution in [2.45, 2.75) is 39.8 Å². The summed E-state index contributed by atoms with van der Waals surface area (Å²) in [5.41, 5.74) is 1.26. The van der Waals surface area contributed by atoms with Gasteiger partial charge in [0.2, 0.25) is 5.88 Å². The van der Waals surface area contributed by atoms with Crippen molar-refractivity contribution in [3.05, 3.63) is 29.3 Å². The summed E-state index contributed by atoms with van der Waals surface area (Å²) in [6, 6.07) is 1.57. The van der Waals surface area contributed by atoms with Crippen molar-refractivity contribution in [1.82, 2.24) is 14.8 Å². The molecule has 3 heterocycles. The van der Waals surface area contributed by atoms with Crippen molar-refractivity contribution in [1.29, 1.82) is 0 Å². The average molecular weight is 319 g/mol.